The maximum atomic E-state index is 12.1. The van der Waals surface area contributed by atoms with Crippen LogP contribution in [0.1, 0.15) is 44.3 Å². The normalized spacial score (nSPS) is 19.5. The van der Waals surface area contributed by atoms with Crippen molar-refractivity contribution < 1.29 is 4.79 Å². The molecule has 128 valence electrons. The van der Waals surface area contributed by atoms with E-state index in [1.165, 1.54) is 6.42 Å². The maximum absolute atomic E-state index is 12.1. The van der Waals surface area contributed by atoms with E-state index in [2.05, 4.69) is 25.5 Å². The molecule has 0 spiro atoms. The van der Waals surface area contributed by atoms with E-state index < -0.39 is 0 Å². The summed E-state index contributed by atoms with van der Waals surface area (Å²) in [4.78, 5) is 14.4. The Kier molecular flexibility index (Phi) is 4.08. The monoisotopic (exact) mass is 328 g/mol. The molecule has 7 heteroatoms. The lowest BCUT2D eigenvalue weighted by molar-refractivity contribution is -0.123. The van der Waals surface area contributed by atoms with Crippen molar-refractivity contribution >= 4 is 17.4 Å². The molecular formula is C17H24N6O. The number of hydrogen-bond donors (Lipinski definition) is 1. The van der Waals surface area contributed by atoms with Crippen LogP contribution in [0.25, 0.3) is 5.65 Å². The molecule has 1 N–H and O–H groups in total. The summed E-state index contributed by atoms with van der Waals surface area (Å²) >= 11 is 0. The molecule has 3 heterocycles. The number of piperidine rings is 1. The van der Waals surface area contributed by atoms with E-state index in [4.69, 9.17) is 0 Å². The molecule has 1 aliphatic carbocycles. The van der Waals surface area contributed by atoms with Gasteiger partial charge in [-0.1, -0.05) is 0 Å². The fourth-order valence-electron chi connectivity index (χ4n) is 3.52. The number of fused-ring (bicyclic) bond motifs is 1. The summed E-state index contributed by atoms with van der Waals surface area (Å²) in [6, 6.07) is 4.41. The van der Waals surface area contributed by atoms with Crippen LogP contribution in [0.4, 0.5) is 5.82 Å². The van der Waals surface area contributed by atoms with Crippen LogP contribution in [0.5, 0.6) is 0 Å². The Morgan fingerprint density at radius 2 is 2.00 bits per heavy atom. The Labute approximate surface area is 141 Å². The molecule has 24 heavy (non-hydrogen) atoms. The molecule has 1 aliphatic heterocycles. The first-order valence-electron chi connectivity index (χ1n) is 8.92. The number of nitrogens with zero attached hydrogens (tertiary/aromatic N) is 5. The zero-order chi connectivity index (χ0) is 16.5. The van der Waals surface area contributed by atoms with Crippen molar-refractivity contribution in [2.24, 2.45) is 5.92 Å². The van der Waals surface area contributed by atoms with E-state index in [0.717, 1.165) is 56.1 Å². The van der Waals surface area contributed by atoms with Gasteiger partial charge in [0, 0.05) is 25.6 Å². The highest BCUT2D eigenvalue weighted by Gasteiger charge is 2.25. The summed E-state index contributed by atoms with van der Waals surface area (Å²) in [7, 11) is 0. The van der Waals surface area contributed by atoms with Crippen LogP contribution in [0.15, 0.2) is 12.1 Å². The first kappa shape index (κ1) is 15.4. The highest BCUT2D eigenvalue weighted by molar-refractivity contribution is 5.76. The van der Waals surface area contributed by atoms with Gasteiger partial charge in [0.2, 0.25) is 5.91 Å². The number of aryl methyl sites for hydroxylation is 1. The number of aromatic nitrogens is 4. The minimum absolute atomic E-state index is 0.234. The SMILES string of the molecule is Cc1nnc2ccc(N3CCC(CC(=O)NC4CCC4)CC3)nn12. The lowest BCUT2D eigenvalue weighted by atomic mass is 9.90. The van der Waals surface area contributed by atoms with Gasteiger partial charge >= 0.3 is 0 Å². The Morgan fingerprint density at radius 3 is 2.71 bits per heavy atom. The van der Waals surface area contributed by atoms with E-state index in [0.29, 0.717) is 18.4 Å². The third-order valence-corrected chi connectivity index (χ3v) is 5.29. The summed E-state index contributed by atoms with van der Waals surface area (Å²) < 4.78 is 1.79. The van der Waals surface area contributed by atoms with Gasteiger partial charge in [0.25, 0.3) is 0 Å². The fourth-order valence-corrected chi connectivity index (χ4v) is 3.52. The molecule has 1 saturated heterocycles. The topological polar surface area (TPSA) is 75.4 Å². The van der Waals surface area contributed by atoms with Gasteiger partial charge in [-0.05, 0) is 57.1 Å². The number of hydrogen-bond acceptors (Lipinski definition) is 5. The van der Waals surface area contributed by atoms with Gasteiger partial charge in [0.15, 0.2) is 11.5 Å². The molecule has 2 aromatic heterocycles. The summed E-state index contributed by atoms with van der Waals surface area (Å²) in [6.07, 6.45) is 6.31. The average molecular weight is 328 g/mol. The molecule has 2 aliphatic rings. The third kappa shape index (κ3) is 3.07. The minimum Gasteiger partial charge on any atom is -0.355 e. The van der Waals surface area contributed by atoms with Crippen LogP contribution < -0.4 is 10.2 Å². The second-order valence-electron chi connectivity index (χ2n) is 7.04. The van der Waals surface area contributed by atoms with Gasteiger partial charge in [0.05, 0.1) is 0 Å². The van der Waals surface area contributed by atoms with Crippen molar-refractivity contribution in [3.05, 3.63) is 18.0 Å². The Morgan fingerprint density at radius 1 is 1.21 bits per heavy atom. The number of anilines is 1. The lowest BCUT2D eigenvalue weighted by Gasteiger charge is -2.33. The average Bonchev–Trinajstić information content (AvgIpc) is 2.93. The largest absolute Gasteiger partial charge is 0.355 e. The van der Waals surface area contributed by atoms with E-state index in [1.54, 1.807) is 4.52 Å². The minimum atomic E-state index is 0.234. The number of carbonyl (C=O) groups excluding carboxylic acids is 1. The van der Waals surface area contributed by atoms with E-state index >= 15 is 0 Å². The number of nitrogens with one attached hydrogen (secondary N) is 1. The smallest absolute Gasteiger partial charge is 0.220 e. The first-order valence-corrected chi connectivity index (χ1v) is 8.92. The van der Waals surface area contributed by atoms with E-state index in [-0.39, 0.29) is 5.91 Å². The van der Waals surface area contributed by atoms with Crippen molar-refractivity contribution in [3.63, 3.8) is 0 Å². The number of amides is 1. The third-order valence-electron chi connectivity index (χ3n) is 5.29. The van der Waals surface area contributed by atoms with Gasteiger partial charge in [-0.15, -0.1) is 15.3 Å². The molecule has 0 radical (unpaired) electrons. The summed E-state index contributed by atoms with van der Waals surface area (Å²) in [6.45, 7) is 3.80. The molecule has 0 atom stereocenters. The van der Waals surface area contributed by atoms with Crippen LogP contribution in [0, 0.1) is 12.8 Å². The molecule has 0 bridgehead atoms. The highest BCUT2D eigenvalue weighted by atomic mass is 16.1. The molecule has 1 saturated carbocycles. The molecule has 0 aromatic carbocycles. The Bertz CT molecular complexity index is 730. The Balaban J connectivity index is 1.33. The summed E-state index contributed by atoms with van der Waals surface area (Å²) in [5.74, 6) is 2.48. The van der Waals surface area contributed by atoms with Crippen LogP contribution in [0.2, 0.25) is 0 Å². The molecule has 0 unspecified atom stereocenters. The maximum Gasteiger partial charge on any atom is 0.220 e. The predicted octanol–water partition coefficient (Wildman–Crippen LogP) is 1.71. The van der Waals surface area contributed by atoms with E-state index in [9.17, 15) is 4.79 Å². The van der Waals surface area contributed by atoms with Gasteiger partial charge in [0.1, 0.15) is 5.82 Å². The van der Waals surface area contributed by atoms with Crippen LogP contribution in [-0.4, -0.2) is 44.8 Å². The van der Waals surface area contributed by atoms with Gasteiger partial charge < -0.3 is 10.2 Å². The van der Waals surface area contributed by atoms with Crippen molar-refractivity contribution in [3.8, 4) is 0 Å². The highest BCUT2D eigenvalue weighted by Crippen LogP contribution is 2.25. The molecule has 2 aromatic rings. The first-order chi connectivity index (χ1) is 11.7. The molecule has 1 amide bonds. The van der Waals surface area contributed by atoms with Crippen molar-refractivity contribution in [1.82, 2.24) is 25.1 Å². The molecule has 4 rings (SSSR count). The van der Waals surface area contributed by atoms with Gasteiger partial charge in [-0.3, -0.25) is 4.79 Å². The predicted molar refractivity (Wildman–Crippen MR) is 90.9 cm³/mol. The summed E-state index contributed by atoms with van der Waals surface area (Å²) in [5.41, 5.74) is 0.777. The molecular weight excluding hydrogens is 304 g/mol. The van der Waals surface area contributed by atoms with Crippen molar-refractivity contribution in [2.45, 2.75) is 51.5 Å². The quantitative estimate of drug-likeness (QED) is 0.925. The fraction of sp³-hybridized carbons (Fsp3) is 0.647. The Hall–Kier alpha value is -2.18. The van der Waals surface area contributed by atoms with Crippen LogP contribution >= 0.6 is 0 Å². The zero-order valence-electron chi connectivity index (χ0n) is 14.1. The number of rotatable bonds is 4. The molecule has 7 nitrogen and oxygen atoms in total. The van der Waals surface area contributed by atoms with Gasteiger partial charge in [-0.2, -0.15) is 4.52 Å². The van der Waals surface area contributed by atoms with Crippen LogP contribution in [-0.2, 0) is 4.79 Å². The lowest BCUT2D eigenvalue weighted by Crippen LogP contribution is -2.41. The zero-order valence-corrected chi connectivity index (χ0v) is 14.1. The van der Waals surface area contributed by atoms with Crippen molar-refractivity contribution in [2.75, 3.05) is 18.0 Å². The second kappa shape index (κ2) is 6.37. The standard InChI is InChI=1S/C17H24N6O/c1-12-19-20-15-5-6-16(21-23(12)15)22-9-7-13(8-10-22)11-17(24)18-14-3-2-4-14/h5-6,13-14H,2-4,7-11H2,1H3,(H,18,24). The van der Waals surface area contributed by atoms with E-state index in [1.807, 2.05) is 19.1 Å². The second-order valence-corrected chi connectivity index (χ2v) is 7.04. The van der Waals surface area contributed by atoms with Crippen molar-refractivity contribution in [1.29, 1.82) is 0 Å². The molecule has 2 fully saturated rings. The van der Waals surface area contributed by atoms with Crippen LogP contribution in [0.3, 0.4) is 0 Å². The number of carbonyl (C=O) groups is 1. The summed E-state index contributed by atoms with van der Waals surface area (Å²) in [5, 5.41) is 15.9. The van der Waals surface area contributed by atoms with Gasteiger partial charge in [-0.25, -0.2) is 0 Å².